The number of hydrogen-bond acceptors (Lipinski definition) is 5. The molecule has 1 aliphatic rings. The molecule has 2 unspecified atom stereocenters. The molecule has 0 aliphatic carbocycles. The number of fused-ring (bicyclic) bond motifs is 1. The smallest absolute Gasteiger partial charge is 0.326 e. The molecule has 0 bridgehead atoms. The summed E-state index contributed by atoms with van der Waals surface area (Å²) < 4.78 is 4.83. The zero-order valence-electron chi connectivity index (χ0n) is 10.5. The van der Waals surface area contributed by atoms with Gasteiger partial charge in [-0.15, -0.1) is 0 Å². The van der Waals surface area contributed by atoms with Gasteiger partial charge in [0.25, 0.3) is 0 Å². The summed E-state index contributed by atoms with van der Waals surface area (Å²) in [6.07, 6.45) is 1.67. The molecular weight excluding hydrogens is 252 g/mol. The zero-order chi connectivity index (χ0) is 14.0. The van der Waals surface area contributed by atoms with Crippen molar-refractivity contribution in [3.05, 3.63) is 17.7 Å². The lowest BCUT2D eigenvalue weighted by atomic mass is 10.0. The van der Waals surface area contributed by atoms with Crippen LogP contribution in [0.3, 0.4) is 0 Å². The van der Waals surface area contributed by atoms with Crippen molar-refractivity contribution < 1.29 is 19.4 Å². The molecule has 1 aromatic rings. The number of nitrogens with zero attached hydrogens (tertiary/aromatic N) is 2. The van der Waals surface area contributed by atoms with Crippen LogP contribution in [0.25, 0.3) is 0 Å². The van der Waals surface area contributed by atoms with E-state index in [1.54, 1.807) is 0 Å². The molecule has 2 atom stereocenters. The average molecular weight is 268 g/mol. The van der Waals surface area contributed by atoms with Crippen LogP contribution in [0, 0.1) is 0 Å². The number of carboxylic acid groups (broad SMARTS) is 1. The number of nitrogens with one attached hydrogen (secondary N) is 1. The molecule has 2 heterocycles. The number of H-pyrrole nitrogens is 1. The average Bonchev–Trinajstić information content (AvgIpc) is 2.83. The van der Waals surface area contributed by atoms with Gasteiger partial charge in [-0.1, -0.05) is 0 Å². The van der Waals surface area contributed by atoms with Crippen molar-refractivity contribution in [3.63, 3.8) is 0 Å². The Hall–Kier alpha value is -1.93. The molecule has 0 aromatic carbocycles. The van der Waals surface area contributed by atoms with Crippen LogP contribution in [0.15, 0.2) is 6.33 Å². The molecule has 8 nitrogen and oxygen atoms in total. The summed E-state index contributed by atoms with van der Waals surface area (Å²) in [5, 5.41) is 9.23. The molecule has 0 fully saturated rings. The Bertz CT molecular complexity index is 487. The SMILES string of the molecule is COCC(N)C(=O)N1Cc2[nH]cnc2CC1C(=O)O. The fourth-order valence-electron chi connectivity index (χ4n) is 2.15. The molecule has 4 N–H and O–H groups in total. The van der Waals surface area contributed by atoms with E-state index in [2.05, 4.69) is 9.97 Å². The van der Waals surface area contributed by atoms with Gasteiger partial charge in [0, 0.05) is 13.5 Å². The second kappa shape index (κ2) is 5.37. The number of rotatable bonds is 4. The lowest BCUT2D eigenvalue weighted by Gasteiger charge is -2.33. The molecule has 1 aromatic heterocycles. The van der Waals surface area contributed by atoms with Gasteiger partial charge in [-0.25, -0.2) is 9.78 Å². The summed E-state index contributed by atoms with van der Waals surface area (Å²) >= 11 is 0. The fraction of sp³-hybridized carbons (Fsp3) is 0.545. The van der Waals surface area contributed by atoms with Gasteiger partial charge in [0.15, 0.2) is 0 Å². The van der Waals surface area contributed by atoms with Gasteiger partial charge in [0.1, 0.15) is 12.1 Å². The van der Waals surface area contributed by atoms with Crippen LogP contribution in [-0.4, -0.2) is 57.7 Å². The highest BCUT2D eigenvalue weighted by atomic mass is 16.5. The Labute approximate surface area is 109 Å². The highest BCUT2D eigenvalue weighted by molar-refractivity contribution is 5.87. The number of carboxylic acids is 1. The molecule has 19 heavy (non-hydrogen) atoms. The standard InChI is InChI=1S/C11H16N4O4/c1-19-4-6(12)10(16)15-3-8-7(13-5-14-8)2-9(15)11(17)18/h5-6,9H,2-4,12H2,1H3,(H,13,14)(H,17,18). The van der Waals surface area contributed by atoms with Gasteiger partial charge < -0.3 is 25.5 Å². The van der Waals surface area contributed by atoms with Crippen molar-refractivity contribution in [3.8, 4) is 0 Å². The van der Waals surface area contributed by atoms with Crippen molar-refractivity contribution in [1.29, 1.82) is 0 Å². The quantitative estimate of drug-likeness (QED) is 0.625. The van der Waals surface area contributed by atoms with Crippen LogP contribution >= 0.6 is 0 Å². The van der Waals surface area contributed by atoms with E-state index in [0.717, 1.165) is 5.69 Å². The van der Waals surface area contributed by atoms with Crippen molar-refractivity contribution >= 4 is 11.9 Å². The lowest BCUT2D eigenvalue weighted by Crippen LogP contribution is -2.54. The number of carbonyl (C=O) groups excluding carboxylic acids is 1. The first-order chi connectivity index (χ1) is 9.04. The zero-order valence-corrected chi connectivity index (χ0v) is 10.5. The summed E-state index contributed by atoms with van der Waals surface area (Å²) in [4.78, 5) is 31.6. The Morgan fingerprint density at radius 2 is 2.47 bits per heavy atom. The monoisotopic (exact) mass is 268 g/mol. The number of aromatic nitrogens is 2. The van der Waals surface area contributed by atoms with E-state index in [4.69, 9.17) is 10.5 Å². The third-order valence-corrected chi connectivity index (χ3v) is 3.13. The van der Waals surface area contributed by atoms with E-state index in [0.29, 0.717) is 5.69 Å². The van der Waals surface area contributed by atoms with E-state index in [1.165, 1.54) is 18.3 Å². The molecule has 8 heteroatoms. The first kappa shape index (κ1) is 13.5. The van der Waals surface area contributed by atoms with Crippen molar-refractivity contribution in [2.75, 3.05) is 13.7 Å². The minimum absolute atomic E-state index is 0.0531. The van der Waals surface area contributed by atoms with E-state index in [1.807, 2.05) is 0 Å². The van der Waals surface area contributed by atoms with Crippen molar-refractivity contribution in [1.82, 2.24) is 14.9 Å². The van der Waals surface area contributed by atoms with Crippen LogP contribution in [0.1, 0.15) is 11.4 Å². The Kier molecular flexibility index (Phi) is 3.82. The summed E-state index contributed by atoms with van der Waals surface area (Å²) in [5.74, 6) is -1.50. The van der Waals surface area contributed by atoms with Crippen LogP contribution < -0.4 is 5.73 Å². The Morgan fingerprint density at radius 3 is 3.11 bits per heavy atom. The molecule has 0 spiro atoms. The number of hydrogen-bond donors (Lipinski definition) is 3. The highest BCUT2D eigenvalue weighted by Crippen LogP contribution is 2.21. The number of aliphatic carboxylic acids is 1. The predicted octanol–water partition coefficient (Wildman–Crippen LogP) is -1.28. The Morgan fingerprint density at radius 1 is 1.74 bits per heavy atom. The number of aromatic amines is 1. The van der Waals surface area contributed by atoms with Gasteiger partial charge in [0.2, 0.25) is 5.91 Å². The Balaban J connectivity index is 2.22. The van der Waals surface area contributed by atoms with E-state index >= 15 is 0 Å². The second-order valence-corrected chi connectivity index (χ2v) is 4.41. The summed E-state index contributed by atoms with van der Waals surface area (Å²) in [6, 6.07) is -1.80. The lowest BCUT2D eigenvalue weighted by molar-refractivity contribution is -0.152. The highest BCUT2D eigenvalue weighted by Gasteiger charge is 2.37. The number of nitrogens with two attached hydrogens (primary N) is 1. The normalized spacial score (nSPS) is 19.9. The second-order valence-electron chi connectivity index (χ2n) is 4.41. The van der Waals surface area contributed by atoms with Crippen LogP contribution in [0.2, 0.25) is 0 Å². The van der Waals surface area contributed by atoms with Crippen molar-refractivity contribution in [2.24, 2.45) is 5.73 Å². The maximum Gasteiger partial charge on any atom is 0.326 e. The maximum absolute atomic E-state index is 12.2. The number of amides is 1. The predicted molar refractivity (Wildman–Crippen MR) is 64.1 cm³/mol. The third kappa shape index (κ3) is 2.59. The van der Waals surface area contributed by atoms with Crippen LogP contribution in [-0.2, 0) is 27.3 Å². The number of methoxy groups -OCH3 is 1. The third-order valence-electron chi connectivity index (χ3n) is 3.13. The maximum atomic E-state index is 12.2. The molecule has 2 rings (SSSR count). The molecule has 1 amide bonds. The summed E-state index contributed by atoms with van der Waals surface area (Å²) in [5.41, 5.74) is 7.10. The van der Waals surface area contributed by atoms with E-state index < -0.39 is 24.0 Å². The summed E-state index contributed by atoms with van der Waals surface area (Å²) in [6.45, 7) is 0.222. The molecule has 0 saturated carbocycles. The van der Waals surface area contributed by atoms with Gasteiger partial charge in [-0.05, 0) is 0 Å². The van der Waals surface area contributed by atoms with E-state index in [-0.39, 0.29) is 19.6 Å². The van der Waals surface area contributed by atoms with Gasteiger partial charge in [-0.2, -0.15) is 0 Å². The molecule has 0 saturated heterocycles. The molecule has 1 aliphatic heterocycles. The van der Waals surface area contributed by atoms with E-state index in [9.17, 15) is 14.7 Å². The molecule has 0 radical (unpaired) electrons. The van der Waals surface area contributed by atoms with Crippen LogP contribution in [0.4, 0.5) is 0 Å². The number of imidazole rings is 1. The largest absolute Gasteiger partial charge is 0.480 e. The first-order valence-electron chi connectivity index (χ1n) is 5.83. The van der Waals surface area contributed by atoms with Gasteiger partial charge >= 0.3 is 5.97 Å². The first-order valence-corrected chi connectivity index (χ1v) is 5.83. The van der Waals surface area contributed by atoms with Crippen molar-refractivity contribution in [2.45, 2.75) is 25.0 Å². The van der Waals surface area contributed by atoms with Crippen LogP contribution in [0.5, 0.6) is 0 Å². The molecular formula is C11H16N4O4. The minimum Gasteiger partial charge on any atom is -0.480 e. The minimum atomic E-state index is -1.06. The molecule has 104 valence electrons. The number of carbonyl (C=O) groups is 2. The summed E-state index contributed by atoms with van der Waals surface area (Å²) in [7, 11) is 1.44. The van der Waals surface area contributed by atoms with Gasteiger partial charge in [0.05, 0.1) is 30.9 Å². The fourth-order valence-corrected chi connectivity index (χ4v) is 2.15. The van der Waals surface area contributed by atoms with Gasteiger partial charge in [-0.3, -0.25) is 4.79 Å². The number of ether oxygens (including phenoxy) is 1. The topological polar surface area (TPSA) is 122 Å².